The second-order valence-corrected chi connectivity index (χ2v) is 7.98. The Bertz CT molecular complexity index is 1030. The maximum atomic E-state index is 5.32. The fourth-order valence-corrected chi connectivity index (χ4v) is 4.33. The molecule has 0 saturated heterocycles. The van der Waals surface area contributed by atoms with Gasteiger partial charge in [-0.05, 0) is 66.6 Å². The van der Waals surface area contributed by atoms with Gasteiger partial charge in [-0.25, -0.2) is 0 Å². The van der Waals surface area contributed by atoms with E-state index in [1.54, 1.807) is 25.6 Å². The molecule has 4 rings (SSSR count). The van der Waals surface area contributed by atoms with Crippen molar-refractivity contribution in [3.05, 3.63) is 90.5 Å². The summed E-state index contributed by atoms with van der Waals surface area (Å²) in [6, 6.07) is 29.7. The van der Waals surface area contributed by atoms with E-state index in [0.29, 0.717) is 0 Å². The van der Waals surface area contributed by atoms with Gasteiger partial charge in [-0.1, -0.05) is 29.8 Å². The Hall–Kier alpha value is -3.17. The molecule has 3 aromatic carbocycles. The van der Waals surface area contributed by atoms with Gasteiger partial charge in [-0.3, -0.25) is 0 Å². The Morgan fingerprint density at radius 1 is 0.517 bits per heavy atom. The van der Waals surface area contributed by atoms with Crippen LogP contribution in [0.1, 0.15) is 5.56 Å². The summed E-state index contributed by atoms with van der Waals surface area (Å²) in [6.07, 6.45) is 0. The molecule has 0 unspecified atom stereocenters. The predicted octanol–water partition coefficient (Wildman–Crippen LogP) is 7.36. The van der Waals surface area contributed by atoms with Crippen molar-refractivity contribution in [3.8, 4) is 43.5 Å². The molecule has 1 aromatic heterocycles. The van der Waals surface area contributed by atoms with Crippen molar-refractivity contribution in [1.29, 1.82) is 0 Å². The third-order valence-corrected chi connectivity index (χ3v) is 6.07. The van der Waals surface area contributed by atoms with Crippen LogP contribution in [0.2, 0.25) is 0 Å². The van der Waals surface area contributed by atoms with Gasteiger partial charge in [-0.15, -0.1) is 0 Å². The van der Waals surface area contributed by atoms with Crippen LogP contribution in [0, 0.1) is 6.92 Å². The van der Waals surface area contributed by atoms with E-state index in [9.17, 15) is 0 Å². The van der Waals surface area contributed by atoms with Crippen LogP contribution >= 0.6 is 11.3 Å². The summed E-state index contributed by atoms with van der Waals surface area (Å²) in [7, 11) is 3.38. The van der Waals surface area contributed by atoms with Crippen molar-refractivity contribution in [2.45, 2.75) is 6.92 Å². The van der Waals surface area contributed by atoms with Crippen molar-refractivity contribution in [2.75, 3.05) is 14.2 Å². The number of rotatable bonds is 5. The molecule has 0 aliphatic heterocycles. The summed E-state index contributed by atoms with van der Waals surface area (Å²) in [5.74, 6) is 1.73. The zero-order valence-electron chi connectivity index (χ0n) is 16.8. The maximum absolute atomic E-state index is 5.32. The van der Waals surface area contributed by atoms with Gasteiger partial charge in [0.25, 0.3) is 0 Å². The molecule has 0 aliphatic rings. The van der Waals surface area contributed by atoms with E-state index in [-0.39, 0.29) is 0 Å². The van der Waals surface area contributed by atoms with Crippen LogP contribution in [-0.4, -0.2) is 14.2 Å². The van der Waals surface area contributed by atoms with Gasteiger partial charge < -0.3 is 9.47 Å². The molecule has 0 saturated carbocycles. The van der Waals surface area contributed by atoms with Crippen LogP contribution in [0.3, 0.4) is 0 Å². The highest BCUT2D eigenvalue weighted by Gasteiger charge is 2.19. The van der Waals surface area contributed by atoms with Gasteiger partial charge >= 0.3 is 0 Å². The largest absolute Gasteiger partial charge is 0.497 e. The lowest BCUT2D eigenvalue weighted by atomic mass is 10.0. The minimum atomic E-state index is 0.865. The van der Waals surface area contributed by atoms with Crippen molar-refractivity contribution in [3.63, 3.8) is 0 Å². The van der Waals surface area contributed by atoms with Crippen LogP contribution in [0.5, 0.6) is 11.5 Å². The van der Waals surface area contributed by atoms with Crippen LogP contribution in [-0.2, 0) is 0 Å². The highest BCUT2D eigenvalue weighted by Crippen LogP contribution is 2.38. The number of aryl methyl sites for hydroxylation is 1. The topological polar surface area (TPSA) is 18.5 Å². The van der Waals surface area contributed by atoms with E-state index in [2.05, 4.69) is 67.6 Å². The zero-order valence-corrected chi connectivity index (χ0v) is 17.6. The van der Waals surface area contributed by atoms with Crippen LogP contribution < -0.4 is 9.47 Å². The van der Waals surface area contributed by atoms with Gasteiger partial charge in [0.05, 0.1) is 14.2 Å². The molecule has 144 valence electrons. The lowest BCUT2D eigenvalue weighted by Gasteiger charge is -2.05. The first kappa shape index (κ1) is 19.2. The summed E-state index contributed by atoms with van der Waals surface area (Å²) in [4.78, 5) is 2.44. The Balaban J connectivity index is 1.84. The number of methoxy groups -OCH3 is 2. The molecule has 3 heteroatoms. The first-order valence-corrected chi connectivity index (χ1v) is 10.3. The summed E-state index contributed by atoms with van der Waals surface area (Å²) in [5, 5.41) is 0. The van der Waals surface area contributed by atoms with E-state index < -0.39 is 0 Å². The maximum Gasteiger partial charge on any atom is 0.239 e. The Morgan fingerprint density at radius 3 is 1.34 bits per heavy atom. The smallest absolute Gasteiger partial charge is 0.239 e. The summed E-state index contributed by atoms with van der Waals surface area (Å²) in [5.41, 5.74) is 6.05. The Labute approximate surface area is 176 Å². The van der Waals surface area contributed by atoms with Gasteiger partial charge in [0.2, 0.25) is 21.1 Å². The van der Waals surface area contributed by atoms with Crippen molar-refractivity contribution in [2.24, 2.45) is 0 Å². The molecule has 0 radical (unpaired) electrons. The molecule has 1 heterocycles. The van der Waals surface area contributed by atoms with E-state index in [1.807, 2.05) is 24.3 Å². The van der Waals surface area contributed by atoms with Gasteiger partial charge in [-0.2, -0.15) is 0 Å². The monoisotopic (exact) mass is 399 g/mol. The van der Waals surface area contributed by atoms with Gasteiger partial charge in [0.1, 0.15) is 11.5 Å². The average Bonchev–Trinajstić information content (AvgIpc) is 2.79. The molecule has 0 amide bonds. The minimum Gasteiger partial charge on any atom is -0.497 e. The van der Waals surface area contributed by atoms with E-state index in [1.165, 1.54) is 37.6 Å². The molecule has 0 spiro atoms. The van der Waals surface area contributed by atoms with Crippen molar-refractivity contribution < 1.29 is 9.47 Å². The Kier molecular flexibility index (Phi) is 5.59. The van der Waals surface area contributed by atoms with E-state index >= 15 is 0 Å². The number of benzene rings is 3. The second-order valence-electron chi connectivity index (χ2n) is 6.90. The summed E-state index contributed by atoms with van der Waals surface area (Å²) < 4.78 is 10.6. The molecule has 0 aliphatic carbocycles. The fourth-order valence-electron chi connectivity index (χ4n) is 3.21. The van der Waals surface area contributed by atoms with E-state index in [4.69, 9.17) is 9.47 Å². The first-order valence-electron chi connectivity index (χ1n) is 9.50. The molecular formula is C26H23O2S+. The fraction of sp³-hybridized carbons (Fsp3) is 0.115. The molecule has 0 bridgehead atoms. The van der Waals surface area contributed by atoms with Crippen LogP contribution in [0.4, 0.5) is 0 Å². The highest BCUT2D eigenvalue weighted by molar-refractivity contribution is 7.18. The van der Waals surface area contributed by atoms with E-state index in [0.717, 1.165) is 11.5 Å². The second kappa shape index (κ2) is 8.46. The highest BCUT2D eigenvalue weighted by atomic mass is 32.1. The van der Waals surface area contributed by atoms with Crippen LogP contribution in [0.15, 0.2) is 84.9 Å². The lowest BCUT2D eigenvalue weighted by Crippen LogP contribution is -1.86. The minimum absolute atomic E-state index is 0.865. The van der Waals surface area contributed by atoms with Gasteiger partial charge in [0.15, 0.2) is 0 Å². The molecular weight excluding hydrogens is 376 g/mol. The molecule has 4 aromatic rings. The SMILES string of the molecule is COc1ccc(-c2cc(-c3ccc(C)cc3)cc(-c3ccc(OC)cc3)[s+]2)cc1. The predicted molar refractivity (Wildman–Crippen MR) is 123 cm³/mol. The molecule has 0 atom stereocenters. The van der Waals surface area contributed by atoms with Crippen molar-refractivity contribution in [1.82, 2.24) is 0 Å². The lowest BCUT2D eigenvalue weighted by molar-refractivity contribution is 0.415. The molecule has 29 heavy (non-hydrogen) atoms. The quantitative estimate of drug-likeness (QED) is 0.326. The molecule has 0 N–H and O–H groups in total. The molecule has 0 fully saturated rings. The number of hydrogen-bond acceptors (Lipinski definition) is 2. The van der Waals surface area contributed by atoms with Crippen LogP contribution in [0.25, 0.3) is 32.0 Å². The third kappa shape index (κ3) is 4.30. The third-order valence-electron chi connectivity index (χ3n) is 4.93. The van der Waals surface area contributed by atoms with Crippen molar-refractivity contribution >= 4 is 11.3 Å². The Morgan fingerprint density at radius 2 is 0.931 bits per heavy atom. The summed E-state index contributed by atoms with van der Waals surface area (Å²) in [6.45, 7) is 2.11. The number of ether oxygens (including phenoxy) is 2. The van der Waals surface area contributed by atoms with Gasteiger partial charge in [0, 0.05) is 23.3 Å². The summed E-state index contributed by atoms with van der Waals surface area (Å²) >= 11 is 1.79. The molecule has 2 nitrogen and oxygen atoms in total. The average molecular weight is 400 g/mol. The zero-order chi connectivity index (χ0) is 20.2. The standard InChI is InChI=1S/C26H23O2S/c1-18-4-6-19(7-5-18)22-16-25(20-8-12-23(27-2)13-9-20)29-26(17-22)21-10-14-24(28-3)15-11-21/h4-17H,1-3H3/q+1. The first-order chi connectivity index (χ1) is 14.2. The normalized spacial score (nSPS) is 10.6. The number of hydrogen-bond donors (Lipinski definition) is 0.